The number of hydrogen-bond donors (Lipinski definition) is 2. The van der Waals surface area contributed by atoms with E-state index < -0.39 is 5.60 Å². The maximum atomic E-state index is 13.3. The van der Waals surface area contributed by atoms with Crippen LogP contribution in [0.25, 0.3) is 0 Å². The molecule has 102 valence electrons. The number of nitrogens with one attached hydrogen (secondary N) is 1. The van der Waals surface area contributed by atoms with Gasteiger partial charge >= 0.3 is 0 Å². The lowest BCUT2D eigenvalue weighted by atomic mass is 9.84. The molecular formula is C13H22FN3O. The first-order chi connectivity index (χ1) is 8.63. The van der Waals surface area contributed by atoms with E-state index in [0.717, 1.165) is 12.8 Å². The summed E-state index contributed by atoms with van der Waals surface area (Å²) in [5.74, 6) is 5.27. The summed E-state index contributed by atoms with van der Waals surface area (Å²) in [6, 6.07) is 1.16. The van der Waals surface area contributed by atoms with Crippen LogP contribution in [0.5, 0.6) is 0 Å². The van der Waals surface area contributed by atoms with E-state index in [9.17, 15) is 4.39 Å². The molecule has 1 atom stereocenters. The lowest BCUT2D eigenvalue weighted by Crippen LogP contribution is -2.48. The van der Waals surface area contributed by atoms with Crippen molar-refractivity contribution in [3.05, 3.63) is 29.8 Å². The van der Waals surface area contributed by atoms with Gasteiger partial charge in [-0.3, -0.25) is 16.3 Å². The Morgan fingerprint density at radius 1 is 1.39 bits per heavy atom. The van der Waals surface area contributed by atoms with Crippen LogP contribution in [0.2, 0.25) is 0 Å². The van der Waals surface area contributed by atoms with Gasteiger partial charge in [-0.1, -0.05) is 13.8 Å². The summed E-state index contributed by atoms with van der Waals surface area (Å²) < 4.78 is 19.2. The van der Waals surface area contributed by atoms with Crippen LogP contribution in [0.15, 0.2) is 18.5 Å². The topological polar surface area (TPSA) is 60.2 Å². The van der Waals surface area contributed by atoms with Gasteiger partial charge in [-0.2, -0.15) is 0 Å². The van der Waals surface area contributed by atoms with Gasteiger partial charge in [0, 0.05) is 12.8 Å². The molecule has 1 rings (SSSR count). The molecule has 0 amide bonds. The van der Waals surface area contributed by atoms with E-state index in [0.29, 0.717) is 12.2 Å². The molecule has 18 heavy (non-hydrogen) atoms. The summed E-state index contributed by atoms with van der Waals surface area (Å²) in [4.78, 5) is 3.87. The fourth-order valence-corrected chi connectivity index (χ4v) is 2.37. The second-order valence-corrected chi connectivity index (χ2v) is 4.24. The normalized spacial score (nSPS) is 13.6. The SMILES string of the molecule is CCOC(CC)(CC)C(NN)c1cncc(F)c1. The zero-order valence-corrected chi connectivity index (χ0v) is 11.2. The molecule has 0 aliphatic rings. The zero-order valence-electron chi connectivity index (χ0n) is 11.2. The van der Waals surface area contributed by atoms with Crippen molar-refractivity contribution in [1.82, 2.24) is 10.4 Å². The smallest absolute Gasteiger partial charge is 0.141 e. The molecule has 1 aromatic rings. The van der Waals surface area contributed by atoms with Crippen molar-refractivity contribution >= 4 is 0 Å². The number of nitrogens with zero attached hydrogens (tertiary/aromatic N) is 1. The predicted octanol–water partition coefficient (Wildman–Crippen LogP) is 2.32. The molecule has 1 aromatic heterocycles. The fraction of sp³-hybridized carbons (Fsp3) is 0.615. The Hall–Kier alpha value is -1.04. The van der Waals surface area contributed by atoms with Crippen molar-refractivity contribution < 1.29 is 9.13 Å². The van der Waals surface area contributed by atoms with E-state index in [2.05, 4.69) is 10.4 Å². The molecule has 5 heteroatoms. The molecule has 0 saturated heterocycles. The molecule has 0 aliphatic heterocycles. The first-order valence-corrected chi connectivity index (χ1v) is 6.34. The van der Waals surface area contributed by atoms with E-state index in [1.54, 1.807) is 6.20 Å². The van der Waals surface area contributed by atoms with Crippen LogP contribution in [0.3, 0.4) is 0 Å². The Labute approximate surface area is 108 Å². The minimum Gasteiger partial charge on any atom is -0.373 e. The third-order valence-corrected chi connectivity index (χ3v) is 3.38. The third kappa shape index (κ3) is 3.04. The highest BCUT2D eigenvalue weighted by atomic mass is 19.1. The Bertz CT molecular complexity index is 369. The number of hydrazine groups is 1. The lowest BCUT2D eigenvalue weighted by Gasteiger charge is -2.39. The summed E-state index contributed by atoms with van der Waals surface area (Å²) in [7, 11) is 0. The molecular weight excluding hydrogens is 233 g/mol. The van der Waals surface area contributed by atoms with Gasteiger partial charge in [0.15, 0.2) is 0 Å². The Kier molecular flexibility index (Phi) is 5.65. The largest absolute Gasteiger partial charge is 0.373 e. The quantitative estimate of drug-likeness (QED) is 0.580. The monoisotopic (exact) mass is 255 g/mol. The molecule has 1 unspecified atom stereocenters. The molecule has 0 aliphatic carbocycles. The van der Waals surface area contributed by atoms with Crippen molar-refractivity contribution in [2.75, 3.05) is 6.61 Å². The Morgan fingerprint density at radius 3 is 2.50 bits per heavy atom. The zero-order chi connectivity index (χ0) is 13.6. The standard InChI is InChI=1S/C13H22FN3O/c1-4-13(5-2,18-6-3)12(17-15)10-7-11(14)9-16-8-10/h7-9,12,17H,4-6,15H2,1-3H3. The highest BCUT2D eigenvalue weighted by Gasteiger charge is 2.37. The number of halogens is 1. The third-order valence-electron chi connectivity index (χ3n) is 3.38. The summed E-state index contributed by atoms with van der Waals surface area (Å²) in [5.41, 5.74) is 3.00. The number of rotatable bonds is 7. The van der Waals surface area contributed by atoms with Crippen LogP contribution < -0.4 is 11.3 Å². The molecule has 0 fully saturated rings. The Morgan fingerprint density at radius 2 is 2.06 bits per heavy atom. The van der Waals surface area contributed by atoms with Gasteiger partial charge in [-0.15, -0.1) is 0 Å². The van der Waals surface area contributed by atoms with Gasteiger partial charge in [0.1, 0.15) is 5.82 Å². The molecule has 0 radical (unpaired) electrons. The molecule has 0 saturated carbocycles. The second kappa shape index (κ2) is 6.78. The van der Waals surface area contributed by atoms with Crippen LogP contribution in [0, 0.1) is 5.82 Å². The van der Waals surface area contributed by atoms with Crippen LogP contribution in [-0.2, 0) is 4.74 Å². The maximum Gasteiger partial charge on any atom is 0.141 e. The van der Waals surface area contributed by atoms with E-state index in [1.807, 2.05) is 20.8 Å². The highest BCUT2D eigenvalue weighted by Crippen LogP contribution is 2.34. The lowest BCUT2D eigenvalue weighted by molar-refractivity contribution is -0.0735. The minimum absolute atomic E-state index is 0.282. The van der Waals surface area contributed by atoms with E-state index in [-0.39, 0.29) is 11.9 Å². The van der Waals surface area contributed by atoms with Crippen LogP contribution >= 0.6 is 0 Å². The molecule has 4 nitrogen and oxygen atoms in total. The molecule has 0 spiro atoms. The summed E-state index contributed by atoms with van der Waals surface area (Å²) >= 11 is 0. The van der Waals surface area contributed by atoms with Gasteiger partial charge in [0.25, 0.3) is 0 Å². The summed E-state index contributed by atoms with van der Waals surface area (Å²) in [6.07, 6.45) is 4.36. The predicted molar refractivity (Wildman–Crippen MR) is 69.2 cm³/mol. The first kappa shape index (κ1) is 15.0. The second-order valence-electron chi connectivity index (χ2n) is 4.24. The van der Waals surface area contributed by atoms with Crippen molar-refractivity contribution in [2.45, 2.75) is 45.3 Å². The van der Waals surface area contributed by atoms with Gasteiger partial charge < -0.3 is 4.74 Å². The van der Waals surface area contributed by atoms with Crippen molar-refractivity contribution in [3.63, 3.8) is 0 Å². The van der Waals surface area contributed by atoms with Crippen molar-refractivity contribution in [1.29, 1.82) is 0 Å². The van der Waals surface area contributed by atoms with Crippen LogP contribution in [0.1, 0.15) is 45.2 Å². The van der Waals surface area contributed by atoms with Gasteiger partial charge in [0.2, 0.25) is 0 Å². The van der Waals surface area contributed by atoms with E-state index in [1.165, 1.54) is 12.3 Å². The summed E-state index contributed by atoms with van der Waals surface area (Å²) in [5, 5.41) is 0. The van der Waals surface area contributed by atoms with Gasteiger partial charge in [-0.05, 0) is 31.4 Å². The van der Waals surface area contributed by atoms with Gasteiger partial charge in [-0.25, -0.2) is 4.39 Å². The molecule has 1 heterocycles. The van der Waals surface area contributed by atoms with Crippen LogP contribution in [0.4, 0.5) is 4.39 Å². The average Bonchev–Trinajstić information content (AvgIpc) is 2.38. The maximum absolute atomic E-state index is 13.3. The number of pyridine rings is 1. The average molecular weight is 255 g/mol. The van der Waals surface area contributed by atoms with Crippen LogP contribution in [-0.4, -0.2) is 17.2 Å². The van der Waals surface area contributed by atoms with Crippen molar-refractivity contribution in [2.24, 2.45) is 5.84 Å². The minimum atomic E-state index is -0.445. The number of ether oxygens (including phenoxy) is 1. The number of nitrogens with two attached hydrogens (primary N) is 1. The summed E-state index contributed by atoms with van der Waals surface area (Å²) in [6.45, 7) is 6.60. The van der Waals surface area contributed by atoms with E-state index in [4.69, 9.17) is 10.6 Å². The fourth-order valence-electron chi connectivity index (χ4n) is 2.37. The molecule has 0 aromatic carbocycles. The number of hydrogen-bond acceptors (Lipinski definition) is 4. The first-order valence-electron chi connectivity index (χ1n) is 6.34. The number of aromatic nitrogens is 1. The van der Waals surface area contributed by atoms with Crippen molar-refractivity contribution in [3.8, 4) is 0 Å². The van der Waals surface area contributed by atoms with Gasteiger partial charge in [0.05, 0.1) is 17.8 Å². The highest BCUT2D eigenvalue weighted by molar-refractivity contribution is 5.19. The molecule has 3 N–H and O–H groups in total. The molecule has 0 bridgehead atoms. The van der Waals surface area contributed by atoms with E-state index >= 15 is 0 Å². The Balaban J connectivity index is 3.13.